The van der Waals surface area contributed by atoms with E-state index >= 15 is 0 Å². The summed E-state index contributed by atoms with van der Waals surface area (Å²) in [6.07, 6.45) is 0.727. The normalized spacial score (nSPS) is 24.4. The van der Waals surface area contributed by atoms with E-state index in [9.17, 15) is 0 Å². The van der Waals surface area contributed by atoms with Crippen LogP contribution in [0.3, 0.4) is 0 Å². The first kappa shape index (κ1) is 23.8. The molecular weight excluding hydrogens is 488 g/mol. The van der Waals surface area contributed by atoms with Gasteiger partial charge in [-0.05, 0) is 35.4 Å². The zero-order chi connectivity index (χ0) is 25.3. The van der Waals surface area contributed by atoms with E-state index in [1.54, 1.807) is 0 Å². The maximum absolute atomic E-state index is 6.14. The number of hydrogen-bond donors (Lipinski definition) is 0. The van der Waals surface area contributed by atoms with Gasteiger partial charge in [-0.15, -0.1) is 0 Å². The summed E-state index contributed by atoms with van der Waals surface area (Å²) in [6.45, 7) is 5.16. The Labute approximate surface area is 221 Å². The number of hydrogen-bond acceptors (Lipinski definition) is 8. The Morgan fingerprint density at radius 2 is 0.816 bits per heavy atom. The first-order chi connectivity index (χ1) is 18.8. The standard InChI is InChI=1S/C30H30O8/c1-2-20(28-8-6-22(32-12-24-14-34-24)10-30(28)38-18-26-16-36-26)4-3-19(1)27-7-5-21(31-11-23-13-33-23)9-29(27)37-17-25-15-35-25/h1-10,23-26H,11-18H2. The van der Waals surface area contributed by atoms with Gasteiger partial charge in [0.2, 0.25) is 0 Å². The van der Waals surface area contributed by atoms with Gasteiger partial charge in [-0.25, -0.2) is 0 Å². The van der Waals surface area contributed by atoms with Crippen LogP contribution in [0.2, 0.25) is 0 Å². The minimum absolute atomic E-state index is 0.165. The molecule has 4 aliphatic heterocycles. The summed E-state index contributed by atoms with van der Waals surface area (Å²) >= 11 is 0. The second-order valence-corrected chi connectivity index (χ2v) is 9.96. The van der Waals surface area contributed by atoms with Crippen molar-refractivity contribution in [2.75, 3.05) is 52.9 Å². The lowest BCUT2D eigenvalue weighted by Crippen LogP contribution is -2.07. The third-order valence-corrected chi connectivity index (χ3v) is 6.74. The van der Waals surface area contributed by atoms with Crippen LogP contribution in [-0.4, -0.2) is 77.3 Å². The fraction of sp³-hybridized carbons (Fsp3) is 0.400. The van der Waals surface area contributed by atoms with Gasteiger partial charge in [-0.2, -0.15) is 0 Å². The molecule has 38 heavy (non-hydrogen) atoms. The Kier molecular flexibility index (Phi) is 6.55. The molecule has 0 amide bonds. The lowest BCUT2D eigenvalue weighted by molar-refractivity contribution is 0.253. The van der Waals surface area contributed by atoms with Crippen molar-refractivity contribution < 1.29 is 37.9 Å². The van der Waals surface area contributed by atoms with E-state index in [0.717, 1.165) is 71.7 Å². The van der Waals surface area contributed by atoms with Crippen LogP contribution in [0.15, 0.2) is 60.7 Å². The number of epoxide rings is 4. The quantitative estimate of drug-likeness (QED) is 0.295. The molecule has 4 fully saturated rings. The Hall–Kier alpha value is -3.30. The van der Waals surface area contributed by atoms with E-state index in [0.29, 0.717) is 26.4 Å². The van der Waals surface area contributed by atoms with Crippen molar-refractivity contribution in [3.05, 3.63) is 60.7 Å². The molecule has 4 heterocycles. The molecule has 0 saturated carbocycles. The molecule has 4 atom stereocenters. The summed E-state index contributed by atoms with van der Waals surface area (Å²) in [6, 6.07) is 20.4. The number of benzene rings is 3. The Morgan fingerprint density at radius 1 is 0.474 bits per heavy atom. The Balaban J connectivity index is 1.12. The second kappa shape index (κ2) is 10.5. The topological polar surface area (TPSA) is 87.0 Å². The summed E-state index contributed by atoms with van der Waals surface area (Å²) in [4.78, 5) is 0. The van der Waals surface area contributed by atoms with E-state index in [1.807, 2.05) is 36.4 Å². The number of rotatable bonds is 14. The van der Waals surface area contributed by atoms with Crippen LogP contribution in [0.25, 0.3) is 22.3 Å². The molecule has 0 aromatic heterocycles. The van der Waals surface area contributed by atoms with Crippen LogP contribution in [0.1, 0.15) is 0 Å². The largest absolute Gasteiger partial charge is 0.491 e. The summed E-state index contributed by atoms with van der Waals surface area (Å²) in [7, 11) is 0. The number of ether oxygens (including phenoxy) is 8. The molecule has 4 unspecified atom stereocenters. The van der Waals surface area contributed by atoms with Crippen LogP contribution < -0.4 is 18.9 Å². The van der Waals surface area contributed by atoms with Crippen molar-refractivity contribution in [3.8, 4) is 45.3 Å². The molecule has 0 radical (unpaired) electrons. The van der Waals surface area contributed by atoms with Gasteiger partial charge >= 0.3 is 0 Å². The molecule has 0 spiro atoms. The minimum atomic E-state index is 0.165. The lowest BCUT2D eigenvalue weighted by Gasteiger charge is -2.15. The average Bonchev–Trinajstić information content (AvgIpc) is 3.79. The van der Waals surface area contributed by atoms with Crippen molar-refractivity contribution in [1.82, 2.24) is 0 Å². The molecule has 4 saturated heterocycles. The predicted octanol–water partition coefficient (Wildman–Crippen LogP) is 4.13. The fourth-order valence-electron chi connectivity index (χ4n) is 4.13. The molecule has 0 aliphatic carbocycles. The highest BCUT2D eigenvalue weighted by molar-refractivity contribution is 5.77. The van der Waals surface area contributed by atoms with Crippen LogP contribution in [0.4, 0.5) is 0 Å². The molecule has 7 rings (SSSR count). The van der Waals surface area contributed by atoms with Crippen molar-refractivity contribution in [1.29, 1.82) is 0 Å². The maximum atomic E-state index is 6.14. The minimum Gasteiger partial charge on any atom is -0.491 e. The summed E-state index contributed by atoms with van der Waals surface area (Å²) < 4.78 is 45.2. The van der Waals surface area contributed by atoms with Crippen LogP contribution >= 0.6 is 0 Å². The van der Waals surface area contributed by atoms with E-state index in [-0.39, 0.29) is 24.4 Å². The first-order valence-corrected chi connectivity index (χ1v) is 13.1. The smallest absolute Gasteiger partial charge is 0.130 e. The van der Waals surface area contributed by atoms with Crippen molar-refractivity contribution in [2.24, 2.45) is 0 Å². The second-order valence-electron chi connectivity index (χ2n) is 9.96. The van der Waals surface area contributed by atoms with E-state index in [1.165, 1.54) is 0 Å². The van der Waals surface area contributed by atoms with Crippen molar-refractivity contribution in [3.63, 3.8) is 0 Å². The Bertz CT molecular complexity index is 1160. The van der Waals surface area contributed by atoms with Crippen LogP contribution in [0.5, 0.6) is 23.0 Å². The summed E-state index contributed by atoms with van der Waals surface area (Å²) in [5.41, 5.74) is 4.10. The molecule has 0 bridgehead atoms. The third kappa shape index (κ3) is 6.22. The monoisotopic (exact) mass is 518 g/mol. The zero-order valence-corrected chi connectivity index (χ0v) is 21.0. The molecule has 3 aromatic rings. The lowest BCUT2D eigenvalue weighted by atomic mass is 9.99. The maximum Gasteiger partial charge on any atom is 0.130 e. The van der Waals surface area contributed by atoms with Gasteiger partial charge in [-0.3, -0.25) is 0 Å². The van der Waals surface area contributed by atoms with Crippen molar-refractivity contribution in [2.45, 2.75) is 24.4 Å². The zero-order valence-electron chi connectivity index (χ0n) is 21.0. The molecule has 198 valence electrons. The Morgan fingerprint density at radius 3 is 1.16 bits per heavy atom. The molecular formula is C30H30O8. The van der Waals surface area contributed by atoms with Gasteiger partial charge in [0.25, 0.3) is 0 Å². The highest BCUT2D eigenvalue weighted by Gasteiger charge is 2.26. The highest BCUT2D eigenvalue weighted by atomic mass is 16.6. The third-order valence-electron chi connectivity index (χ3n) is 6.74. The van der Waals surface area contributed by atoms with E-state index in [4.69, 9.17) is 37.9 Å². The van der Waals surface area contributed by atoms with Gasteiger partial charge in [0.1, 0.15) is 73.8 Å². The highest BCUT2D eigenvalue weighted by Crippen LogP contribution is 2.38. The van der Waals surface area contributed by atoms with Crippen LogP contribution in [-0.2, 0) is 18.9 Å². The summed E-state index contributed by atoms with van der Waals surface area (Å²) in [5.74, 6) is 3.09. The predicted molar refractivity (Wildman–Crippen MR) is 138 cm³/mol. The molecule has 4 aliphatic rings. The average molecular weight is 519 g/mol. The SMILES string of the molecule is c1cc(-c2ccc(-c3ccc(OCC4CO4)cc3OCC3CO3)cc2)c(OCC2CO2)cc1OCC1CO1. The van der Waals surface area contributed by atoms with E-state index < -0.39 is 0 Å². The van der Waals surface area contributed by atoms with Crippen molar-refractivity contribution >= 4 is 0 Å². The molecule has 0 N–H and O–H groups in total. The fourth-order valence-corrected chi connectivity index (χ4v) is 4.13. The van der Waals surface area contributed by atoms with Gasteiger partial charge in [0, 0.05) is 23.3 Å². The first-order valence-electron chi connectivity index (χ1n) is 13.1. The summed E-state index contributed by atoms with van der Waals surface area (Å²) in [5, 5.41) is 0. The van der Waals surface area contributed by atoms with Crippen LogP contribution in [0, 0.1) is 0 Å². The molecule has 8 heteroatoms. The van der Waals surface area contributed by atoms with Gasteiger partial charge < -0.3 is 37.9 Å². The van der Waals surface area contributed by atoms with Gasteiger partial charge in [-0.1, -0.05) is 24.3 Å². The van der Waals surface area contributed by atoms with E-state index in [2.05, 4.69) is 24.3 Å². The molecule has 3 aromatic carbocycles. The van der Waals surface area contributed by atoms with Gasteiger partial charge in [0.15, 0.2) is 0 Å². The van der Waals surface area contributed by atoms with Gasteiger partial charge in [0.05, 0.1) is 26.4 Å². The molecule has 8 nitrogen and oxygen atoms in total.